The van der Waals surface area contributed by atoms with Gasteiger partial charge in [0.2, 0.25) is 0 Å². The van der Waals surface area contributed by atoms with Crippen molar-refractivity contribution in [3.63, 3.8) is 0 Å². The molecule has 0 aromatic rings. The van der Waals surface area contributed by atoms with Crippen molar-refractivity contribution in [2.75, 3.05) is 0 Å². The maximum Gasteiger partial charge on any atom is 0.168 e. The zero-order valence-electron chi connectivity index (χ0n) is 9.21. The van der Waals surface area contributed by atoms with Crippen LogP contribution in [0.2, 0.25) is 0 Å². The van der Waals surface area contributed by atoms with Gasteiger partial charge in [-0.25, -0.2) is 0 Å². The van der Waals surface area contributed by atoms with Crippen LogP contribution in [0.4, 0.5) is 0 Å². The molecule has 2 heteroatoms. The van der Waals surface area contributed by atoms with Crippen molar-refractivity contribution in [1.29, 1.82) is 0 Å². The Bertz CT molecular complexity index is 169. The van der Waals surface area contributed by atoms with E-state index in [9.17, 15) is 5.11 Å². The molecule has 0 radical (unpaired) electrons. The molecular weight excluding hydrogens is 164 g/mol. The summed E-state index contributed by atoms with van der Waals surface area (Å²) in [5.41, 5.74) is 0. The molecule has 1 aliphatic heterocycles. The molecule has 1 saturated heterocycles. The van der Waals surface area contributed by atoms with Crippen LogP contribution < -0.4 is 0 Å². The third kappa shape index (κ3) is 2.05. The lowest BCUT2D eigenvalue weighted by atomic mass is 9.82. The van der Waals surface area contributed by atoms with Gasteiger partial charge in [-0.3, -0.25) is 0 Å². The molecule has 78 valence electrons. The molecule has 1 rings (SSSR count). The quantitative estimate of drug-likeness (QED) is 0.718. The van der Waals surface area contributed by atoms with Crippen LogP contribution in [-0.4, -0.2) is 17.0 Å². The average molecular weight is 186 g/mol. The van der Waals surface area contributed by atoms with Gasteiger partial charge in [0.1, 0.15) is 0 Å². The van der Waals surface area contributed by atoms with Crippen molar-refractivity contribution in [2.24, 2.45) is 11.8 Å². The van der Waals surface area contributed by atoms with Gasteiger partial charge in [0.05, 0.1) is 6.10 Å². The van der Waals surface area contributed by atoms with Crippen LogP contribution in [0, 0.1) is 11.8 Å². The largest absolute Gasteiger partial charge is 0.365 e. The average Bonchev–Trinajstić information content (AvgIpc) is 2.11. The second-order valence-electron chi connectivity index (χ2n) is 4.38. The van der Waals surface area contributed by atoms with Crippen molar-refractivity contribution >= 4 is 0 Å². The van der Waals surface area contributed by atoms with Crippen molar-refractivity contribution in [3.8, 4) is 0 Å². The first-order valence-corrected chi connectivity index (χ1v) is 5.43. The summed E-state index contributed by atoms with van der Waals surface area (Å²) < 4.78 is 5.75. The molecule has 4 atom stereocenters. The highest BCUT2D eigenvalue weighted by Gasteiger charge is 2.42. The highest BCUT2D eigenvalue weighted by atomic mass is 16.6. The molecule has 0 amide bonds. The summed E-state index contributed by atoms with van der Waals surface area (Å²) in [6.07, 6.45) is 3.00. The van der Waals surface area contributed by atoms with Crippen LogP contribution >= 0.6 is 0 Å². The Kier molecular flexibility index (Phi) is 3.36. The van der Waals surface area contributed by atoms with Gasteiger partial charge in [0, 0.05) is 5.92 Å². The van der Waals surface area contributed by atoms with E-state index in [2.05, 4.69) is 20.8 Å². The van der Waals surface area contributed by atoms with Gasteiger partial charge in [-0.1, -0.05) is 27.7 Å². The fraction of sp³-hybridized carbons (Fsp3) is 1.00. The minimum atomic E-state index is -0.868. The molecule has 0 unspecified atom stereocenters. The van der Waals surface area contributed by atoms with Crippen LogP contribution in [0.25, 0.3) is 0 Å². The van der Waals surface area contributed by atoms with Crippen LogP contribution in [0.3, 0.4) is 0 Å². The molecule has 1 heterocycles. The lowest BCUT2D eigenvalue weighted by Gasteiger charge is -2.44. The van der Waals surface area contributed by atoms with Crippen LogP contribution in [0.15, 0.2) is 0 Å². The first kappa shape index (κ1) is 11.0. The maximum atomic E-state index is 10.1. The van der Waals surface area contributed by atoms with Crippen molar-refractivity contribution in [3.05, 3.63) is 0 Å². The van der Waals surface area contributed by atoms with Crippen LogP contribution in [0.5, 0.6) is 0 Å². The summed E-state index contributed by atoms with van der Waals surface area (Å²) >= 11 is 0. The minimum absolute atomic E-state index is 0.237. The topological polar surface area (TPSA) is 29.5 Å². The van der Waals surface area contributed by atoms with Gasteiger partial charge in [0.15, 0.2) is 5.79 Å². The molecule has 1 fully saturated rings. The van der Waals surface area contributed by atoms with E-state index in [1.54, 1.807) is 0 Å². The summed E-state index contributed by atoms with van der Waals surface area (Å²) in [5.74, 6) is -0.0326. The van der Waals surface area contributed by atoms with E-state index in [1.165, 1.54) is 0 Å². The Labute approximate surface area is 81.3 Å². The first-order valence-electron chi connectivity index (χ1n) is 5.43. The van der Waals surface area contributed by atoms with Crippen LogP contribution in [0.1, 0.15) is 47.0 Å². The van der Waals surface area contributed by atoms with Gasteiger partial charge < -0.3 is 9.84 Å². The van der Waals surface area contributed by atoms with Crippen LogP contribution in [-0.2, 0) is 4.74 Å². The SMILES string of the molecule is CC[C@H]1O[C@@](O)(CC)[C@H](C)C[C@@H]1C. The monoisotopic (exact) mass is 186 g/mol. The Morgan fingerprint density at radius 2 is 2.00 bits per heavy atom. The van der Waals surface area contributed by atoms with Gasteiger partial charge in [0.25, 0.3) is 0 Å². The van der Waals surface area contributed by atoms with E-state index in [0.717, 1.165) is 12.8 Å². The second-order valence-corrected chi connectivity index (χ2v) is 4.38. The Hall–Kier alpha value is -0.0800. The molecule has 0 bridgehead atoms. The Morgan fingerprint density at radius 3 is 2.46 bits per heavy atom. The van der Waals surface area contributed by atoms with Gasteiger partial charge >= 0.3 is 0 Å². The summed E-state index contributed by atoms with van der Waals surface area (Å²) in [6, 6.07) is 0. The Balaban J connectivity index is 2.69. The lowest BCUT2D eigenvalue weighted by Crippen LogP contribution is -2.49. The standard InChI is InChI=1S/C11H22O2/c1-5-10-8(3)7-9(4)11(12,6-2)13-10/h8-10,12H,5-7H2,1-4H3/t8-,9+,10+,11-/m0/s1. The normalized spacial score (nSPS) is 46.4. The first-order chi connectivity index (χ1) is 6.03. The third-order valence-electron chi connectivity index (χ3n) is 3.39. The molecular formula is C11H22O2. The van der Waals surface area contributed by atoms with Gasteiger partial charge in [-0.05, 0) is 25.2 Å². The second kappa shape index (κ2) is 3.97. The minimum Gasteiger partial charge on any atom is -0.365 e. The molecule has 0 aliphatic carbocycles. The number of aliphatic hydroxyl groups is 1. The highest BCUT2D eigenvalue weighted by molar-refractivity contribution is 4.84. The number of hydrogen-bond acceptors (Lipinski definition) is 2. The number of hydrogen-bond donors (Lipinski definition) is 1. The molecule has 0 saturated carbocycles. The molecule has 0 aromatic carbocycles. The zero-order valence-corrected chi connectivity index (χ0v) is 9.21. The summed E-state index contributed by atoms with van der Waals surface area (Å²) in [5, 5.41) is 10.1. The smallest absolute Gasteiger partial charge is 0.168 e. The van der Waals surface area contributed by atoms with Gasteiger partial charge in [-0.2, -0.15) is 0 Å². The molecule has 1 N–H and O–H groups in total. The molecule has 13 heavy (non-hydrogen) atoms. The zero-order chi connectivity index (χ0) is 10.1. The van der Waals surface area contributed by atoms with Crippen molar-refractivity contribution in [1.82, 2.24) is 0 Å². The fourth-order valence-electron chi connectivity index (χ4n) is 2.31. The van der Waals surface area contributed by atoms with Crippen molar-refractivity contribution in [2.45, 2.75) is 58.8 Å². The lowest BCUT2D eigenvalue weighted by molar-refractivity contribution is -0.293. The molecule has 0 aromatic heterocycles. The van der Waals surface area contributed by atoms with Crippen molar-refractivity contribution < 1.29 is 9.84 Å². The van der Waals surface area contributed by atoms with Gasteiger partial charge in [-0.15, -0.1) is 0 Å². The maximum absolute atomic E-state index is 10.1. The summed E-state index contributed by atoms with van der Waals surface area (Å²) in [4.78, 5) is 0. The predicted octanol–water partition coefficient (Wildman–Crippen LogP) is 2.56. The Morgan fingerprint density at radius 1 is 1.38 bits per heavy atom. The third-order valence-corrected chi connectivity index (χ3v) is 3.39. The molecule has 2 nitrogen and oxygen atoms in total. The molecule has 1 aliphatic rings. The van der Waals surface area contributed by atoms with E-state index < -0.39 is 5.79 Å². The number of ether oxygens (including phenoxy) is 1. The summed E-state index contributed by atoms with van der Waals surface area (Å²) in [7, 11) is 0. The van der Waals surface area contributed by atoms with E-state index in [-0.39, 0.29) is 12.0 Å². The van der Waals surface area contributed by atoms with E-state index in [4.69, 9.17) is 4.74 Å². The van der Waals surface area contributed by atoms with E-state index in [1.807, 2.05) is 6.92 Å². The highest BCUT2D eigenvalue weighted by Crippen LogP contribution is 2.38. The van der Waals surface area contributed by atoms with E-state index in [0.29, 0.717) is 12.3 Å². The number of rotatable bonds is 2. The predicted molar refractivity (Wildman–Crippen MR) is 53.3 cm³/mol. The molecule has 0 spiro atoms. The summed E-state index contributed by atoms with van der Waals surface area (Å²) in [6.45, 7) is 8.39. The fourth-order valence-corrected chi connectivity index (χ4v) is 2.31. The van der Waals surface area contributed by atoms with E-state index >= 15 is 0 Å².